The van der Waals surface area contributed by atoms with Crippen LogP contribution in [0.4, 0.5) is 5.82 Å². The van der Waals surface area contributed by atoms with E-state index in [0.29, 0.717) is 0 Å². The van der Waals surface area contributed by atoms with Crippen molar-refractivity contribution in [2.45, 2.75) is 19.4 Å². The average molecular weight is 251 g/mol. The largest absolute Gasteiger partial charge is 0.314 e. The van der Waals surface area contributed by atoms with E-state index in [-0.39, 0.29) is 5.91 Å². The molecule has 1 saturated heterocycles. The van der Waals surface area contributed by atoms with Gasteiger partial charge < -0.3 is 10.6 Å². The van der Waals surface area contributed by atoms with Gasteiger partial charge in [-0.2, -0.15) is 5.10 Å². The molecule has 100 valence electrons. The van der Waals surface area contributed by atoms with Crippen LogP contribution in [0, 0.1) is 0 Å². The molecule has 1 aliphatic heterocycles. The van der Waals surface area contributed by atoms with Crippen LogP contribution in [-0.2, 0) is 11.8 Å². The van der Waals surface area contributed by atoms with Crippen molar-refractivity contribution in [3.8, 4) is 0 Å². The number of nitrogens with one attached hydrogen (secondary N) is 2. The van der Waals surface area contributed by atoms with Gasteiger partial charge >= 0.3 is 0 Å². The molecule has 1 amide bonds. The zero-order chi connectivity index (χ0) is 13.2. The molecule has 0 radical (unpaired) electrons. The maximum absolute atomic E-state index is 12.4. The fourth-order valence-corrected chi connectivity index (χ4v) is 2.13. The van der Waals surface area contributed by atoms with Crippen molar-refractivity contribution in [2.75, 3.05) is 31.5 Å². The zero-order valence-corrected chi connectivity index (χ0v) is 11.2. The highest BCUT2D eigenvalue weighted by molar-refractivity contribution is 5.96. The van der Waals surface area contributed by atoms with E-state index in [9.17, 15) is 4.79 Å². The molecule has 1 aliphatic rings. The van der Waals surface area contributed by atoms with E-state index in [2.05, 4.69) is 20.6 Å². The molecule has 0 aliphatic carbocycles. The molecule has 0 bridgehead atoms. The summed E-state index contributed by atoms with van der Waals surface area (Å²) in [5.74, 6) is 0.733. The van der Waals surface area contributed by atoms with Crippen molar-refractivity contribution < 1.29 is 4.79 Å². The Balaban J connectivity index is 2.04. The summed E-state index contributed by atoms with van der Waals surface area (Å²) in [6.07, 6.45) is 1.67. The minimum atomic E-state index is -0.508. The molecule has 0 saturated carbocycles. The van der Waals surface area contributed by atoms with Crippen LogP contribution in [0.5, 0.6) is 0 Å². The highest BCUT2D eigenvalue weighted by Crippen LogP contribution is 2.17. The number of anilines is 1. The van der Waals surface area contributed by atoms with Gasteiger partial charge in [-0.3, -0.25) is 14.4 Å². The van der Waals surface area contributed by atoms with Crippen molar-refractivity contribution in [3.63, 3.8) is 0 Å². The maximum Gasteiger partial charge on any atom is 0.245 e. The predicted molar refractivity (Wildman–Crippen MR) is 70.4 cm³/mol. The number of carbonyl (C=O) groups excluding carboxylic acids is 1. The number of aromatic nitrogens is 2. The minimum Gasteiger partial charge on any atom is -0.314 e. The smallest absolute Gasteiger partial charge is 0.245 e. The third kappa shape index (κ3) is 2.54. The number of carbonyl (C=O) groups is 1. The summed E-state index contributed by atoms with van der Waals surface area (Å²) >= 11 is 0. The van der Waals surface area contributed by atoms with Gasteiger partial charge in [0.1, 0.15) is 5.82 Å². The lowest BCUT2D eigenvalue weighted by Gasteiger charge is -2.39. The lowest BCUT2D eigenvalue weighted by molar-refractivity contribution is -0.126. The first-order chi connectivity index (χ1) is 8.51. The summed E-state index contributed by atoms with van der Waals surface area (Å²) in [6, 6.07) is 1.80. The van der Waals surface area contributed by atoms with E-state index in [4.69, 9.17) is 0 Å². The first kappa shape index (κ1) is 13.0. The summed E-state index contributed by atoms with van der Waals surface area (Å²) in [4.78, 5) is 14.6. The number of hydrogen-bond donors (Lipinski definition) is 2. The fraction of sp³-hybridized carbons (Fsp3) is 0.667. The zero-order valence-electron chi connectivity index (χ0n) is 11.2. The monoisotopic (exact) mass is 251 g/mol. The number of piperazine rings is 1. The second-order valence-electron chi connectivity index (χ2n) is 5.09. The lowest BCUT2D eigenvalue weighted by Crippen LogP contribution is -2.58. The number of rotatable bonds is 3. The maximum atomic E-state index is 12.4. The summed E-state index contributed by atoms with van der Waals surface area (Å²) in [5.41, 5.74) is -0.508. The van der Waals surface area contributed by atoms with Crippen LogP contribution in [0.2, 0.25) is 0 Å². The van der Waals surface area contributed by atoms with Crippen LogP contribution < -0.4 is 10.6 Å². The number of amides is 1. The molecule has 18 heavy (non-hydrogen) atoms. The Kier molecular flexibility index (Phi) is 3.68. The van der Waals surface area contributed by atoms with Crippen molar-refractivity contribution >= 4 is 11.7 Å². The fourth-order valence-electron chi connectivity index (χ4n) is 2.13. The van der Waals surface area contributed by atoms with Crippen molar-refractivity contribution in [1.82, 2.24) is 20.0 Å². The van der Waals surface area contributed by atoms with Crippen molar-refractivity contribution in [1.29, 1.82) is 0 Å². The molecular formula is C12H21N5O. The van der Waals surface area contributed by atoms with Gasteiger partial charge in [0, 0.05) is 39.3 Å². The second-order valence-corrected chi connectivity index (χ2v) is 5.09. The second kappa shape index (κ2) is 5.07. The molecule has 1 aromatic heterocycles. The van der Waals surface area contributed by atoms with Gasteiger partial charge in [-0.1, -0.05) is 0 Å². The van der Waals surface area contributed by atoms with E-state index in [1.54, 1.807) is 16.9 Å². The van der Waals surface area contributed by atoms with Gasteiger partial charge in [-0.05, 0) is 13.8 Å². The standard InChI is InChI=1S/C12H21N5O/c1-12(2,17-8-6-13-7-9-17)11(18)15-10-4-5-14-16(10)3/h4-5,13H,6-9H2,1-3H3,(H,15,18). The number of nitrogens with zero attached hydrogens (tertiary/aromatic N) is 3. The normalized spacial score (nSPS) is 17.7. The molecule has 0 unspecified atom stereocenters. The first-order valence-corrected chi connectivity index (χ1v) is 6.27. The van der Waals surface area contributed by atoms with Gasteiger partial charge in [0.2, 0.25) is 5.91 Å². The highest BCUT2D eigenvalue weighted by Gasteiger charge is 2.35. The van der Waals surface area contributed by atoms with E-state index in [0.717, 1.165) is 32.0 Å². The minimum absolute atomic E-state index is 0.00741. The third-order valence-electron chi connectivity index (χ3n) is 3.53. The molecule has 1 aromatic rings. The van der Waals surface area contributed by atoms with Gasteiger partial charge in [0.05, 0.1) is 11.7 Å². The van der Waals surface area contributed by atoms with E-state index in [1.807, 2.05) is 20.9 Å². The van der Waals surface area contributed by atoms with Crippen molar-refractivity contribution in [3.05, 3.63) is 12.3 Å². The molecular weight excluding hydrogens is 230 g/mol. The predicted octanol–water partition coefficient (Wildman–Crippen LogP) is 0.0424. The van der Waals surface area contributed by atoms with Crippen LogP contribution in [0.1, 0.15) is 13.8 Å². The summed E-state index contributed by atoms with van der Waals surface area (Å²) < 4.78 is 1.66. The quantitative estimate of drug-likeness (QED) is 0.796. The topological polar surface area (TPSA) is 62.2 Å². The molecule has 6 heteroatoms. The van der Waals surface area contributed by atoms with E-state index < -0.39 is 5.54 Å². The van der Waals surface area contributed by atoms with Gasteiger partial charge in [-0.15, -0.1) is 0 Å². The highest BCUT2D eigenvalue weighted by atomic mass is 16.2. The Morgan fingerprint density at radius 1 is 1.44 bits per heavy atom. The Morgan fingerprint density at radius 3 is 2.67 bits per heavy atom. The van der Waals surface area contributed by atoms with Crippen LogP contribution in [0.3, 0.4) is 0 Å². The van der Waals surface area contributed by atoms with Gasteiger partial charge in [0.15, 0.2) is 0 Å². The van der Waals surface area contributed by atoms with Crippen molar-refractivity contribution in [2.24, 2.45) is 7.05 Å². The molecule has 1 fully saturated rings. The number of aryl methyl sites for hydroxylation is 1. The summed E-state index contributed by atoms with van der Waals surface area (Å²) in [7, 11) is 1.81. The molecule has 0 atom stereocenters. The summed E-state index contributed by atoms with van der Waals surface area (Å²) in [5, 5.41) is 10.3. The lowest BCUT2D eigenvalue weighted by atomic mass is 10.0. The van der Waals surface area contributed by atoms with E-state index >= 15 is 0 Å². The molecule has 0 spiro atoms. The average Bonchev–Trinajstić information content (AvgIpc) is 2.76. The molecule has 2 N–H and O–H groups in total. The van der Waals surface area contributed by atoms with Gasteiger partial charge in [-0.25, -0.2) is 0 Å². The third-order valence-corrected chi connectivity index (χ3v) is 3.53. The van der Waals surface area contributed by atoms with Crippen LogP contribution in [0.15, 0.2) is 12.3 Å². The van der Waals surface area contributed by atoms with Crippen LogP contribution in [0.25, 0.3) is 0 Å². The van der Waals surface area contributed by atoms with Gasteiger partial charge in [0.25, 0.3) is 0 Å². The Bertz CT molecular complexity index is 420. The Labute approximate surface area is 107 Å². The summed E-state index contributed by atoms with van der Waals surface area (Å²) in [6.45, 7) is 7.58. The first-order valence-electron chi connectivity index (χ1n) is 6.27. The van der Waals surface area contributed by atoms with E-state index in [1.165, 1.54) is 0 Å². The number of hydrogen-bond acceptors (Lipinski definition) is 4. The van der Waals surface area contributed by atoms with Crippen LogP contribution >= 0.6 is 0 Å². The Hall–Kier alpha value is -1.40. The SMILES string of the molecule is Cn1nccc1NC(=O)C(C)(C)N1CCNCC1. The molecule has 2 rings (SSSR count). The molecule has 0 aromatic carbocycles. The van der Waals surface area contributed by atoms with Crippen LogP contribution in [-0.4, -0.2) is 52.3 Å². The Morgan fingerprint density at radius 2 is 2.11 bits per heavy atom. The molecule has 6 nitrogen and oxygen atoms in total. The molecule has 2 heterocycles.